The molecule has 1 spiro atoms. The number of phenols is 1. The number of nitrogen functional groups attached to an aromatic ring is 2. The van der Waals surface area contributed by atoms with Gasteiger partial charge in [-0.05, 0) is 101 Å². The number of fused-ring (bicyclic) bond motifs is 9. The number of aromatic hydroxyl groups is 1. The molecule has 8 aliphatic rings. The summed E-state index contributed by atoms with van der Waals surface area (Å²) in [4.78, 5) is 45.0. The standard InChI is InChI=1S/C47H51N7O7S2/c1-23-12-34(55)40-35(58-23)17-36-41(42(40)56)39-29-6-5-27(15-26(29)18-50-3)47-37(61-47)7-4-24-13-32(53-38(48)14-24)30-16-28(20-54-19-25-8-10-51-33(25)21-54)52-44(49)31(30)22-63-62-11-9-46(2,60-36)43(39)59-45(47)57/h8,10,12-14,16-17,21,26-27,29,37,39,43,50,56H,4-7,9,11,15,18-20,22H2,1-3H3,(H2,48,53)(H2,49,52)/t26-,27-,29+,37-,39+,43-,46+,47+/m1/s1. The number of aryl methyl sites for hydroxylation is 2. The third-order valence-corrected chi connectivity index (χ3v) is 16.8. The molecule has 328 valence electrons. The maximum Gasteiger partial charge on any atom is 0.341 e. The molecule has 0 radical (unpaired) electrons. The first-order valence-corrected chi connectivity index (χ1v) is 24.4. The van der Waals surface area contributed by atoms with Crippen molar-refractivity contribution >= 4 is 56.4 Å². The lowest BCUT2D eigenvalue weighted by Gasteiger charge is -2.50. The topological polar surface area (TPSA) is 204 Å². The largest absolute Gasteiger partial charge is 0.507 e. The number of pyridine rings is 2. The van der Waals surface area contributed by atoms with Crippen LogP contribution in [-0.2, 0) is 33.0 Å². The number of benzene rings is 1. The Morgan fingerprint density at radius 3 is 2.79 bits per heavy atom. The number of epoxide rings is 1. The number of ether oxygens (including phenoxy) is 3. The van der Waals surface area contributed by atoms with Crippen LogP contribution in [0, 0.1) is 24.7 Å². The Morgan fingerprint density at radius 2 is 1.95 bits per heavy atom. The molecule has 6 N–H and O–H groups in total. The van der Waals surface area contributed by atoms with E-state index < -0.39 is 23.2 Å². The van der Waals surface area contributed by atoms with Crippen LogP contribution in [0.5, 0.6) is 11.5 Å². The van der Waals surface area contributed by atoms with Crippen LogP contribution in [0.1, 0.15) is 73.1 Å². The van der Waals surface area contributed by atoms with Crippen LogP contribution < -0.4 is 26.9 Å². The fourth-order valence-corrected chi connectivity index (χ4v) is 13.9. The summed E-state index contributed by atoms with van der Waals surface area (Å²) in [7, 11) is 5.30. The van der Waals surface area contributed by atoms with Gasteiger partial charge in [-0.1, -0.05) is 21.6 Å². The Labute approximate surface area is 372 Å². The van der Waals surface area contributed by atoms with Gasteiger partial charge >= 0.3 is 5.97 Å². The zero-order valence-corrected chi connectivity index (χ0v) is 37.2. The van der Waals surface area contributed by atoms with E-state index in [-0.39, 0.29) is 52.0 Å². The molecule has 3 saturated heterocycles. The third-order valence-electron chi connectivity index (χ3n) is 14.5. The minimum atomic E-state index is -1.12. The molecule has 0 amide bonds. The van der Waals surface area contributed by atoms with E-state index in [1.807, 2.05) is 32.3 Å². The summed E-state index contributed by atoms with van der Waals surface area (Å²) >= 11 is 0. The van der Waals surface area contributed by atoms with Crippen molar-refractivity contribution in [1.29, 1.82) is 0 Å². The minimum Gasteiger partial charge on any atom is -0.507 e. The molecule has 1 aliphatic carbocycles. The normalized spacial score (nSPS) is 30.7. The number of carbonyl (C=O) groups excluding carboxylic acids is 1. The molecule has 14 nitrogen and oxygen atoms in total. The predicted octanol–water partition coefficient (Wildman–Crippen LogP) is 6.56. The van der Waals surface area contributed by atoms with E-state index in [2.05, 4.69) is 33.5 Å². The molecule has 1 aromatic carbocycles. The summed E-state index contributed by atoms with van der Waals surface area (Å²) in [5, 5.41) is 15.7. The highest BCUT2D eigenvalue weighted by molar-refractivity contribution is 8.76. The van der Waals surface area contributed by atoms with Gasteiger partial charge in [0.15, 0.2) is 11.0 Å². The van der Waals surface area contributed by atoms with Crippen LogP contribution in [0.3, 0.4) is 0 Å². The average molecular weight is 890 g/mol. The third kappa shape index (κ3) is 6.81. The fourth-order valence-electron chi connectivity index (χ4n) is 11.6. The number of hydrogen-bond donors (Lipinski definition) is 4. The molecule has 12 rings (SSSR count). The number of allylic oxidation sites excluding steroid dienone is 1. The molecule has 63 heavy (non-hydrogen) atoms. The second-order valence-corrected chi connectivity index (χ2v) is 21.0. The Bertz CT molecular complexity index is 2740. The SMILES string of the molecule is CNC[C@H]1C[C@H]2CC[C@@H]1[C@H]1c3c(cc4oc(C)cc(=O)c4c3O)O[C@@]3(C)CCSSCc4c(cc(CN5C=C6N=CC=C6C5)nc4N)-c4cc(cc(N)n4)CC[C@H]4O[C@@]24C(=O)O[C@H]13. The average Bonchev–Trinajstić information content (AvgIpc) is 3.58. The molecule has 6 bridgehead atoms. The monoisotopic (exact) mass is 889 g/mol. The number of nitrogens with one attached hydrogen (secondary N) is 1. The van der Waals surface area contributed by atoms with Crippen molar-refractivity contribution in [2.75, 3.05) is 37.4 Å². The lowest BCUT2D eigenvalue weighted by atomic mass is 9.61. The Balaban J connectivity index is 1.00. The Kier molecular flexibility index (Phi) is 9.90. The van der Waals surface area contributed by atoms with Crippen LogP contribution in [0.4, 0.5) is 11.6 Å². The molecule has 0 unspecified atom stereocenters. The number of anilines is 2. The Hall–Kier alpha value is -5.03. The van der Waals surface area contributed by atoms with Crippen molar-refractivity contribution in [3.63, 3.8) is 0 Å². The van der Waals surface area contributed by atoms with E-state index in [0.717, 1.165) is 59.6 Å². The molecule has 16 heteroatoms. The highest BCUT2D eigenvalue weighted by atomic mass is 33.1. The van der Waals surface area contributed by atoms with Crippen LogP contribution in [-0.4, -0.2) is 81.5 Å². The zero-order valence-electron chi connectivity index (χ0n) is 35.5. The lowest BCUT2D eigenvalue weighted by Crippen LogP contribution is -2.56. The van der Waals surface area contributed by atoms with E-state index in [1.165, 1.54) is 11.6 Å². The van der Waals surface area contributed by atoms with Crippen LogP contribution in [0.2, 0.25) is 0 Å². The van der Waals surface area contributed by atoms with E-state index in [0.29, 0.717) is 72.6 Å². The number of aromatic nitrogens is 2. The van der Waals surface area contributed by atoms with Gasteiger partial charge in [-0.3, -0.25) is 9.79 Å². The van der Waals surface area contributed by atoms with Crippen molar-refractivity contribution in [1.82, 2.24) is 20.2 Å². The van der Waals surface area contributed by atoms with Crippen LogP contribution in [0.15, 0.2) is 68.1 Å². The van der Waals surface area contributed by atoms with Crippen molar-refractivity contribution in [2.24, 2.45) is 22.7 Å². The summed E-state index contributed by atoms with van der Waals surface area (Å²) in [6.07, 6.45) is 8.75. The molecule has 3 aromatic heterocycles. The summed E-state index contributed by atoms with van der Waals surface area (Å²) in [6, 6.07) is 9.21. The van der Waals surface area contributed by atoms with Gasteiger partial charge in [0, 0.05) is 83.1 Å². The molecule has 8 atom stereocenters. The van der Waals surface area contributed by atoms with Crippen LogP contribution >= 0.6 is 21.6 Å². The first-order chi connectivity index (χ1) is 30.4. The number of rotatable bonds is 4. The highest BCUT2D eigenvalue weighted by Crippen LogP contribution is 2.62. The van der Waals surface area contributed by atoms with Crippen molar-refractivity contribution < 1.29 is 28.5 Å². The summed E-state index contributed by atoms with van der Waals surface area (Å²) in [6.45, 7) is 5.74. The van der Waals surface area contributed by atoms with Gasteiger partial charge in [0.05, 0.1) is 29.7 Å². The minimum absolute atomic E-state index is 0.000208. The maximum atomic E-state index is 15.1. The number of nitrogens with zero attached hydrogens (tertiary/aromatic N) is 4. The molecule has 7 aliphatic heterocycles. The number of nitrogens with two attached hydrogens (primary N) is 2. The van der Waals surface area contributed by atoms with Crippen molar-refractivity contribution in [3.8, 4) is 22.8 Å². The fraction of sp³-hybridized carbons (Fsp3) is 0.468. The van der Waals surface area contributed by atoms with E-state index >= 15 is 4.79 Å². The highest BCUT2D eigenvalue weighted by Gasteiger charge is 2.71. The number of phenolic OH excluding ortho intramolecular Hbond substituents is 1. The van der Waals surface area contributed by atoms with Crippen molar-refractivity contribution in [3.05, 3.63) is 92.2 Å². The lowest BCUT2D eigenvalue weighted by molar-refractivity contribution is -0.174. The van der Waals surface area contributed by atoms with E-state index in [4.69, 9.17) is 40.1 Å². The second-order valence-electron chi connectivity index (χ2n) is 18.5. The summed E-state index contributed by atoms with van der Waals surface area (Å²) in [5.74, 6) is 1.95. The zero-order chi connectivity index (χ0) is 43.4. The molecular formula is C47H51N7O7S2. The van der Waals surface area contributed by atoms with Gasteiger partial charge in [-0.15, -0.1) is 0 Å². The maximum absolute atomic E-state index is 15.1. The smallest absolute Gasteiger partial charge is 0.341 e. The first-order valence-electron chi connectivity index (χ1n) is 21.9. The van der Waals surface area contributed by atoms with Gasteiger partial charge in [0.25, 0.3) is 0 Å². The molecule has 4 fully saturated rings. The number of carbonyl (C=O) groups is 1. The molecule has 10 heterocycles. The van der Waals surface area contributed by atoms with Crippen molar-refractivity contribution in [2.45, 2.75) is 94.0 Å². The second kappa shape index (κ2) is 15.3. The van der Waals surface area contributed by atoms with Gasteiger partial charge in [0.1, 0.15) is 51.6 Å². The van der Waals surface area contributed by atoms with Gasteiger partial charge in [-0.25, -0.2) is 14.8 Å². The predicted molar refractivity (Wildman–Crippen MR) is 244 cm³/mol. The van der Waals surface area contributed by atoms with E-state index in [9.17, 15) is 9.90 Å². The molecule has 1 saturated carbocycles. The van der Waals surface area contributed by atoms with Crippen LogP contribution in [0.25, 0.3) is 22.2 Å². The quantitative estimate of drug-likeness (QED) is 0.0973. The summed E-state index contributed by atoms with van der Waals surface area (Å²) in [5.41, 5.74) is 18.2. The van der Waals surface area contributed by atoms with Gasteiger partial charge in [0.2, 0.25) is 0 Å². The van der Waals surface area contributed by atoms with E-state index in [1.54, 1.807) is 34.6 Å². The Morgan fingerprint density at radius 1 is 1.08 bits per heavy atom. The first kappa shape index (κ1) is 40.7. The summed E-state index contributed by atoms with van der Waals surface area (Å²) < 4.78 is 26.6. The number of esters is 1. The van der Waals surface area contributed by atoms with Gasteiger partial charge < -0.3 is 45.4 Å². The molecule has 4 aromatic rings. The number of aliphatic imine (C=N–C) groups is 1. The van der Waals surface area contributed by atoms with Gasteiger partial charge in [-0.2, -0.15) is 0 Å². The molecular weight excluding hydrogens is 839 g/mol. The number of hydrogen-bond acceptors (Lipinski definition) is 16.